The Morgan fingerprint density at radius 1 is 0.253 bits per heavy atom. The van der Waals surface area contributed by atoms with Gasteiger partial charge in [0.25, 0.3) is 0 Å². The lowest BCUT2D eigenvalue weighted by molar-refractivity contribution is -0.167. The van der Waals surface area contributed by atoms with E-state index in [0.29, 0.717) is 19.3 Å². The molecule has 0 bridgehead atoms. The molecule has 1 unspecified atom stereocenters. The van der Waals surface area contributed by atoms with E-state index in [1.54, 1.807) is 0 Å². The second kappa shape index (κ2) is 70.3. The van der Waals surface area contributed by atoms with Gasteiger partial charge in [-0.15, -0.1) is 0 Å². The van der Waals surface area contributed by atoms with Gasteiger partial charge in [-0.05, 0) is 128 Å². The monoisotopic (exact) mass is 1150 g/mol. The van der Waals surface area contributed by atoms with Crippen LogP contribution in [0.25, 0.3) is 0 Å². The third kappa shape index (κ3) is 68.5. The molecule has 0 aromatic carbocycles. The summed E-state index contributed by atoms with van der Waals surface area (Å²) >= 11 is 0. The molecule has 1 atom stereocenters. The number of carbonyl (C=O) groups is 3. The van der Waals surface area contributed by atoms with Gasteiger partial charge in [-0.1, -0.05) is 303 Å². The maximum Gasteiger partial charge on any atom is 0.306 e. The van der Waals surface area contributed by atoms with Crippen molar-refractivity contribution in [3.63, 3.8) is 0 Å². The van der Waals surface area contributed by atoms with E-state index in [1.165, 1.54) is 154 Å². The van der Waals surface area contributed by atoms with Crippen LogP contribution in [0.1, 0.15) is 329 Å². The van der Waals surface area contributed by atoms with Crippen LogP contribution in [0.2, 0.25) is 0 Å². The average molecular weight is 1150 g/mol. The summed E-state index contributed by atoms with van der Waals surface area (Å²) in [4.78, 5) is 38.4. The third-order valence-corrected chi connectivity index (χ3v) is 14.9. The highest BCUT2D eigenvalue weighted by molar-refractivity contribution is 5.71. The second-order valence-corrected chi connectivity index (χ2v) is 23.0. The van der Waals surface area contributed by atoms with E-state index >= 15 is 0 Å². The fraction of sp³-hybridized carbons (Fsp3) is 0.701. The molecule has 0 radical (unpaired) electrons. The lowest BCUT2D eigenvalue weighted by atomic mass is 10.0. The molecule has 0 amide bonds. The number of unbranched alkanes of at least 4 members (excludes halogenated alkanes) is 32. The second-order valence-electron chi connectivity index (χ2n) is 23.0. The smallest absolute Gasteiger partial charge is 0.306 e. The molecule has 0 spiro atoms. The van der Waals surface area contributed by atoms with Crippen LogP contribution in [0, 0.1) is 0 Å². The zero-order chi connectivity index (χ0) is 59.9. The highest BCUT2D eigenvalue weighted by atomic mass is 16.6. The van der Waals surface area contributed by atoms with Crippen molar-refractivity contribution in [1.29, 1.82) is 0 Å². The quantitative estimate of drug-likeness (QED) is 0.0261. The number of hydrogen-bond donors (Lipinski definition) is 0. The first kappa shape index (κ1) is 78.8. The molecule has 0 aromatic rings. The normalized spacial score (nSPS) is 12.9. The molecule has 0 aliphatic heterocycles. The van der Waals surface area contributed by atoms with Gasteiger partial charge in [-0.3, -0.25) is 14.4 Å². The first-order valence-corrected chi connectivity index (χ1v) is 35.0. The van der Waals surface area contributed by atoms with E-state index in [4.69, 9.17) is 14.2 Å². The van der Waals surface area contributed by atoms with E-state index in [0.717, 1.165) is 135 Å². The van der Waals surface area contributed by atoms with Crippen LogP contribution >= 0.6 is 0 Å². The first-order valence-electron chi connectivity index (χ1n) is 35.0. The molecule has 0 rings (SSSR count). The fourth-order valence-corrected chi connectivity index (χ4v) is 9.75. The minimum absolute atomic E-state index is 0.0852. The van der Waals surface area contributed by atoms with Crippen molar-refractivity contribution in [3.05, 3.63) is 122 Å². The zero-order valence-electron chi connectivity index (χ0n) is 54.4. The van der Waals surface area contributed by atoms with Crippen LogP contribution in [0.4, 0.5) is 0 Å². The lowest BCUT2D eigenvalue weighted by Crippen LogP contribution is -2.30. The molecule has 0 saturated heterocycles. The zero-order valence-corrected chi connectivity index (χ0v) is 54.4. The molecule has 0 aromatic heterocycles. The summed E-state index contributed by atoms with van der Waals surface area (Å²) in [7, 11) is 0. The van der Waals surface area contributed by atoms with E-state index in [2.05, 4.69) is 142 Å². The molecule has 0 heterocycles. The van der Waals surface area contributed by atoms with Crippen molar-refractivity contribution in [2.45, 2.75) is 335 Å². The number of hydrogen-bond acceptors (Lipinski definition) is 6. The molecule has 0 aliphatic carbocycles. The van der Waals surface area contributed by atoms with Crippen molar-refractivity contribution in [1.82, 2.24) is 0 Å². The summed E-state index contributed by atoms with van der Waals surface area (Å²) in [6, 6.07) is 0. The predicted octanol–water partition coefficient (Wildman–Crippen LogP) is 24.3. The van der Waals surface area contributed by atoms with Crippen molar-refractivity contribution in [2.75, 3.05) is 13.2 Å². The lowest BCUT2D eigenvalue weighted by Gasteiger charge is -2.18. The highest BCUT2D eigenvalue weighted by Gasteiger charge is 2.19. The van der Waals surface area contributed by atoms with Gasteiger partial charge in [0.2, 0.25) is 0 Å². The van der Waals surface area contributed by atoms with E-state index < -0.39 is 6.10 Å². The minimum atomic E-state index is -0.791. The van der Waals surface area contributed by atoms with Gasteiger partial charge in [-0.25, -0.2) is 0 Å². The number of carbonyl (C=O) groups excluding carboxylic acids is 3. The van der Waals surface area contributed by atoms with Gasteiger partial charge in [0.15, 0.2) is 6.10 Å². The van der Waals surface area contributed by atoms with Gasteiger partial charge in [-0.2, -0.15) is 0 Å². The largest absolute Gasteiger partial charge is 0.462 e. The molecule has 0 saturated carbocycles. The molecule has 0 aliphatic rings. The van der Waals surface area contributed by atoms with Crippen LogP contribution in [0.15, 0.2) is 122 Å². The molecular weight excluding hydrogens is 1020 g/mol. The molecular formula is C77H130O6. The fourth-order valence-electron chi connectivity index (χ4n) is 9.75. The Hall–Kier alpha value is -4.19. The van der Waals surface area contributed by atoms with E-state index in [1.807, 2.05) is 0 Å². The molecule has 474 valence electrons. The summed E-state index contributed by atoms with van der Waals surface area (Å²) in [5.74, 6) is -0.896. The molecule has 0 N–H and O–H groups in total. The van der Waals surface area contributed by atoms with Gasteiger partial charge >= 0.3 is 17.9 Å². The van der Waals surface area contributed by atoms with Crippen molar-refractivity contribution >= 4 is 17.9 Å². The van der Waals surface area contributed by atoms with Crippen LogP contribution in [-0.4, -0.2) is 37.2 Å². The third-order valence-electron chi connectivity index (χ3n) is 14.9. The Labute approximate surface area is 513 Å². The minimum Gasteiger partial charge on any atom is -0.462 e. The Morgan fingerprint density at radius 2 is 0.470 bits per heavy atom. The Balaban J connectivity index is 4.28. The molecule has 6 nitrogen and oxygen atoms in total. The van der Waals surface area contributed by atoms with E-state index in [-0.39, 0.29) is 31.1 Å². The van der Waals surface area contributed by atoms with Gasteiger partial charge < -0.3 is 14.2 Å². The summed E-state index contributed by atoms with van der Waals surface area (Å²) in [6.07, 6.45) is 97.9. The number of ether oxygens (including phenoxy) is 3. The SMILES string of the molecule is CC/C=C\C/C=C\C/C=C\C/C=C\C/C=C\CCCCCCCCCCCCCCCCCC(=O)OCC(COC(=O)CCCCCCC/C=C\C/C=C\C/C=C\CC)OC(=O)CCCCCCCCCCC/C=C\C/C=C\CCCCC. The Kier molecular flexibility index (Phi) is 66.7. The molecule has 83 heavy (non-hydrogen) atoms. The summed E-state index contributed by atoms with van der Waals surface area (Å²) < 4.78 is 17.0. The van der Waals surface area contributed by atoms with Crippen LogP contribution < -0.4 is 0 Å². The van der Waals surface area contributed by atoms with Crippen LogP contribution in [-0.2, 0) is 28.6 Å². The van der Waals surface area contributed by atoms with Crippen molar-refractivity contribution in [3.8, 4) is 0 Å². The van der Waals surface area contributed by atoms with Gasteiger partial charge in [0, 0.05) is 19.3 Å². The van der Waals surface area contributed by atoms with Crippen LogP contribution in [0.3, 0.4) is 0 Å². The number of esters is 3. The summed E-state index contributed by atoms with van der Waals surface area (Å²) in [5.41, 5.74) is 0. The predicted molar refractivity (Wildman–Crippen MR) is 362 cm³/mol. The van der Waals surface area contributed by atoms with Crippen LogP contribution in [0.5, 0.6) is 0 Å². The topological polar surface area (TPSA) is 78.9 Å². The van der Waals surface area contributed by atoms with Gasteiger partial charge in [0.05, 0.1) is 0 Å². The number of allylic oxidation sites excluding steroid dienone is 20. The highest BCUT2D eigenvalue weighted by Crippen LogP contribution is 2.17. The molecule has 0 fully saturated rings. The van der Waals surface area contributed by atoms with E-state index in [9.17, 15) is 14.4 Å². The first-order chi connectivity index (χ1) is 41.0. The molecule has 6 heteroatoms. The van der Waals surface area contributed by atoms with Crippen molar-refractivity contribution in [2.24, 2.45) is 0 Å². The average Bonchev–Trinajstić information content (AvgIpc) is 3.49. The summed E-state index contributed by atoms with van der Waals surface area (Å²) in [6.45, 7) is 6.40. The standard InChI is InChI=1S/C77H130O6/c1-4-7-10-13-16-19-22-25-28-30-32-33-34-35-36-37-38-39-40-41-42-43-45-46-49-52-55-58-61-64-67-70-76(79)82-73-74(72-81-75(78)69-66-63-60-57-54-51-48-27-24-21-18-15-12-9-6-3)83-77(80)71-68-65-62-59-56-53-50-47-44-31-29-26-23-20-17-14-11-8-5-2/h7,9-10,12,16-21,25-29,32-33,35-36,48,74H,4-6,8,11,13-15,22-24,30-31,34,37-47,49-73H2,1-3H3/b10-7-,12-9-,19-16-,20-17-,21-18-,28-25-,29-26-,33-32-,36-35-,48-27-. The van der Waals surface area contributed by atoms with Crippen molar-refractivity contribution < 1.29 is 28.6 Å². The number of rotatable bonds is 63. The Morgan fingerprint density at radius 3 is 0.735 bits per heavy atom. The Bertz CT molecular complexity index is 1700. The summed E-state index contributed by atoms with van der Waals surface area (Å²) in [5, 5.41) is 0. The maximum absolute atomic E-state index is 12.9. The maximum atomic E-state index is 12.9. The van der Waals surface area contributed by atoms with Gasteiger partial charge in [0.1, 0.15) is 13.2 Å².